The van der Waals surface area contributed by atoms with Crippen LogP contribution in [0.4, 0.5) is 8.78 Å². The van der Waals surface area contributed by atoms with Crippen molar-refractivity contribution in [3.63, 3.8) is 0 Å². The summed E-state index contributed by atoms with van der Waals surface area (Å²) in [6.45, 7) is -2.65. The molecule has 2 aromatic carbocycles. The van der Waals surface area contributed by atoms with Crippen LogP contribution in [-0.4, -0.2) is 27.8 Å². The van der Waals surface area contributed by atoms with Crippen LogP contribution in [0.1, 0.15) is 22.7 Å². The lowest BCUT2D eigenvalue weighted by molar-refractivity contribution is -0.0499. The van der Waals surface area contributed by atoms with E-state index in [4.69, 9.17) is 33.0 Å². The zero-order valence-electron chi connectivity index (χ0n) is 14.4. The van der Waals surface area contributed by atoms with E-state index in [1.54, 1.807) is 6.07 Å². The molecule has 0 amide bonds. The molecule has 1 atom stereocenters. The van der Waals surface area contributed by atoms with E-state index in [-0.39, 0.29) is 21.5 Å². The molecule has 1 aliphatic rings. The Morgan fingerprint density at radius 1 is 1.24 bits per heavy atom. The molecule has 0 unspecified atom stereocenters. The number of nitriles is 1. The Balaban J connectivity index is 2.05. The first kappa shape index (κ1) is 21.6. The average Bonchev–Trinajstić information content (AvgIpc) is 2.62. The van der Waals surface area contributed by atoms with Gasteiger partial charge in [0, 0.05) is 6.54 Å². The van der Waals surface area contributed by atoms with Gasteiger partial charge in [0.25, 0.3) is 0 Å². The predicted octanol–water partition coefficient (Wildman–Crippen LogP) is 4.49. The number of ether oxygens (including phenoxy) is 1. The summed E-state index contributed by atoms with van der Waals surface area (Å²) in [5.74, 6) is -0.380. The van der Waals surface area contributed by atoms with Gasteiger partial charge in [-0.3, -0.25) is 14.7 Å². The lowest BCUT2D eigenvalue weighted by atomic mass is 9.88. The third-order valence-electron chi connectivity index (χ3n) is 4.24. The Kier molecular flexibility index (Phi) is 6.22. The largest absolute Gasteiger partial charge is 0.524 e. The van der Waals surface area contributed by atoms with Crippen molar-refractivity contribution in [1.29, 1.82) is 5.26 Å². The normalized spacial score (nSPS) is 16.3. The molecular formula is C17H13Cl2F2N2O5P. The lowest BCUT2D eigenvalue weighted by Gasteiger charge is -2.34. The molecule has 0 aromatic heterocycles. The molecule has 0 radical (unpaired) electrons. The Bertz CT molecular complexity index is 1000. The summed E-state index contributed by atoms with van der Waals surface area (Å²) in [5.41, 5.74) is 1.83. The summed E-state index contributed by atoms with van der Waals surface area (Å²) in [6.07, 6.45) is 2.50. The highest BCUT2D eigenvalue weighted by Gasteiger charge is 2.31. The Hall–Kier alpha value is -2.08. The average molecular weight is 465 g/mol. The Labute approximate surface area is 174 Å². The smallest absolute Gasteiger partial charge is 0.435 e. The predicted molar refractivity (Wildman–Crippen MR) is 100 cm³/mol. The van der Waals surface area contributed by atoms with Gasteiger partial charge in [0.1, 0.15) is 5.75 Å². The molecule has 154 valence electrons. The van der Waals surface area contributed by atoms with Crippen LogP contribution < -0.4 is 9.26 Å². The molecule has 3 rings (SSSR count). The third kappa shape index (κ3) is 4.92. The second kappa shape index (κ2) is 8.34. The number of benzene rings is 2. The number of hydrogen-bond acceptors (Lipinski definition) is 5. The summed E-state index contributed by atoms with van der Waals surface area (Å²) in [5, 5.41) is 9.22. The van der Waals surface area contributed by atoms with Crippen LogP contribution in [0.2, 0.25) is 10.0 Å². The lowest BCUT2D eigenvalue weighted by Crippen LogP contribution is -2.32. The molecule has 0 aliphatic carbocycles. The second-order valence-corrected chi connectivity index (χ2v) is 8.06. The zero-order valence-corrected chi connectivity index (χ0v) is 16.8. The van der Waals surface area contributed by atoms with Crippen LogP contribution in [0.25, 0.3) is 0 Å². The third-order valence-corrected chi connectivity index (χ3v) is 5.22. The molecule has 12 heteroatoms. The summed E-state index contributed by atoms with van der Waals surface area (Å²) in [4.78, 5) is 19.4. The molecular weight excluding hydrogens is 452 g/mol. The number of alkyl halides is 2. The molecule has 7 nitrogen and oxygen atoms in total. The fraction of sp³-hybridized carbons (Fsp3) is 0.235. The van der Waals surface area contributed by atoms with Crippen LogP contribution in [0.15, 0.2) is 30.3 Å². The minimum atomic E-state index is -4.88. The van der Waals surface area contributed by atoms with E-state index in [2.05, 4.69) is 15.5 Å². The van der Waals surface area contributed by atoms with Gasteiger partial charge >= 0.3 is 14.4 Å². The van der Waals surface area contributed by atoms with Crippen molar-refractivity contribution in [2.24, 2.45) is 0 Å². The van der Waals surface area contributed by atoms with Crippen molar-refractivity contribution < 1.29 is 32.4 Å². The minimum absolute atomic E-state index is 0.00404. The molecule has 2 aromatic rings. The summed E-state index contributed by atoms with van der Waals surface area (Å²) in [7, 11) is -4.88. The van der Waals surface area contributed by atoms with Gasteiger partial charge in [-0.05, 0) is 47.4 Å². The molecule has 0 saturated heterocycles. The number of halogens is 4. The second-order valence-electron chi connectivity index (χ2n) is 6.08. The monoisotopic (exact) mass is 464 g/mol. The summed E-state index contributed by atoms with van der Waals surface area (Å²) >= 11 is 12.2. The van der Waals surface area contributed by atoms with E-state index in [1.807, 2.05) is 0 Å². The topological polar surface area (TPSA) is 103 Å². The Morgan fingerprint density at radius 2 is 1.90 bits per heavy atom. The molecule has 29 heavy (non-hydrogen) atoms. The van der Waals surface area contributed by atoms with Crippen LogP contribution in [0.3, 0.4) is 0 Å². The summed E-state index contributed by atoms with van der Waals surface area (Å²) in [6, 6.07) is 6.55. The number of phosphoric acid groups is 1. The number of hydrogen-bond donors (Lipinski definition) is 2. The standard InChI is InChI=1S/C17H13Cl2F2N2O5P/c18-13-6-10(7-14(19)16(13)28-29(24,25)26)15-12-2-1-11(27-17(20)21)5-9(12)3-4-23(15)8-22/h1-2,5-7,15,17H,3-4H2,(H2,24,25,26)/t15-/m1/s1. The van der Waals surface area contributed by atoms with E-state index >= 15 is 0 Å². The van der Waals surface area contributed by atoms with Crippen LogP contribution in [-0.2, 0) is 11.0 Å². The van der Waals surface area contributed by atoms with E-state index in [1.165, 1.54) is 29.2 Å². The van der Waals surface area contributed by atoms with E-state index < -0.39 is 20.5 Å². The first-order valence-electron chi connectivity index (χ1n) is 8.07. The van der Waals surface area contributed by atoms with Crippen molar-refractivity contribution in [3.8, 4) is 17.7 Å². The molecule has 0 bridgehead atoms. The highest BCUT2D eigenvalue weighted by molar-refractivity contribution is 7.46. The fourth-order valence-electron chi connectivity index (χ4n) is 3.19. The van der Waals surface area contributed by atoms with Crippen molar-refractivity contribution >= 4 is 31.0 Å². The molecule has 0 fully saturated rings. The van der Waals surface area contributed by atoms with Crippen LogP contribution in [0.5, 0.6) is 11.5 Å². The van der Waals surface area contributed by atoms with Crippen molar-refractivity contribution in [2.45, 2.75) is 19.1 Å². The van der Waals surface area contributed by atoms with Gasteiger partial charge in [-0.2, -0.15) is 14.0 Å². The van der Waals surface area contributed by atoms with Gasteiger partial charge in [-0.25, -0.2) is 4.57 Å². The maximum atomic E-state index is 12.5. The Morgan fingerprint density at radius 3 is 2.45 bits per heavy atom. The quantitative estimate of drug-likeness (QED) is 0.496. The number of rotatable bonds is 5. The van der Waals surface area contributed by atoms with Crippen LogP contribution >= 0.6 is 31.0 Å². The van der Waals surface area contributed by atoms with Gasteiger partial charge in [0.15, 0.2) is 11.9 Å². The molecule has 2 N–H and O–H groups in total. The number of fused-ring (bicyclic) bond motifs is 1. The summed E-state index contributed by atoms with van der Waals surface area (Å²) < 4.78 is 45.0. The fourth-order valence-corrected chi connectivity index (χ4v) is 4.31. The van der Waals surface area contributed by atoms with Gasteiger partial charge in [0.2, 0.25) is 0 Å². The molecule has 1 aliphatic heterocycles. The van der Waals surface area contributed by atoms with E-state index in [9.17, 15) is 18.6 Å². The van der Waals surface area contributed by atoms with Gasteiger partial charge < -0.3 is 9.26 Å². The SMILES string of the molecule is N#CN1CCc2cc(OC(F)F)ccc2[C@H]1c1cc(Cl)c(OP(=O)(O)O)c(Cl)c1. The first-order chi connectivity index (χ1) is 13.6. The number of nitrogens with zero attached hydrogens (tertiary/aromatic N) is 2. The zero-order chi connectivity index (χ0) is 21.3. The minimum Gasteiger partial charge on any atom is -0.435 e. The van der Waals surface area contributed by atoms with Crippen molar-refractivity contribution in [1.82, 2.24) is 4.90 Å². The van der Waals surface area contributed by atoms with Gasteiger partial charge in [-0.1, -0.05) is 29.3 Å². The maximum Gasteiger partial charge on any atom is 0.524 e. The van der Waals surface area contributed by atoms with Crippen molar-refractivity contribution in [2.75, 3.05) is 6.54 Å². The highest BCUT2D eigenvalue weighted by atomic mass is 35.5. The molecule has 0 saturated carbocycles. The first-order valence-corrected chi connectivity index (χ1v) is 10.4. The highest BCUT2D eigenvalue weighted by Crippen LogP contribution is 2.47. The molecule has 1 heterocycles. The van der Waals surface area contributed by atoms with E-state index in [0.29, 0.717) is 29.7 Å². The number of phosphoric ester groups is 1. The molecule has 0 spiro atoms. The van der Waals surface area contributed by atoms with E-state index in [0.717, 1.165) is 0 Å². The van der Waals surface area contributed by atoms with Crippen LogP contribution in [0, 0.1) is 11.5 Å². The van der Waals surface area contributed by atoms with Gasteiger partial charge in [0.05, 0.1) is 16.1 Å². The van der Waals surface area contributed by atoms with Gasteiger partial charge in [-0.15, -0.1) is 0 Å². The van der Waals surface area contributed by atoms with Crippen molar-refractivity contribution in [3.05, 3.63) is 57.1 Å². The maximum absolute atomic E-state index is 12.5.